The van der Waals surface area contributed by atoms with Gasteiger partial charge in [-0.2, -0.15) is 0 Å². The van der Waals surface area contributed by atoms with E-state index in [-0.39, 0.29) is 42.7 Å². The molecule has 0 bridgehead atoms. The summed E-state index contributed by atoms with van der Waals surface area (Å²) in [7, 11) is 0. The molecule has 0 saturated heterocycles. The van der Waals surface area contributed by atoms with Gasteiger partial charge in [-0.15, -0.1) is 0 Å². The second-order valence-electron chi connectivity index (χ2n) is 15.9. The second-order valence-corrected chi connectivity index (χ2v) is 15.9. The standard InChI is InChI=1S/C38H55N3O7/c1-23(11-9-17-37(3,4)47)28-14-15-29-27-21-31(26-22-32(43)34(33(44)24(26)2)48-20-10-19-42)41-36(46)39(25-12-7-6-8-13-25)35(45)40(41)30(27)16-18-38(28,29)5/h6-8,12-13,21,23,28-34,42-44,47H,9-11,14-20,22H2,1-5H3/t23-,28-,29+,30?,31?,32-,33-,34-,38-/m1/s1. The molecule has 6 rings (SSSR count). The maximum Gasteiger partial charge on any atom is 0.352 e. The number of benzene rings is 1. The Morgan fingerprint density at radius 3 is 2.44 bits per heavy atom. The molecule has 264 valence electrons. The molecule has 0 spiro atoms. The van der Waals surface area contributed by atoms with E-state index in [2.05, 4.69) is 19.9 Å². The summed E-state index contributed by atoms with van der Waals surface area (Å²) in [6.07, 6.45) is 6.44. The molecule has 1 aromatic carbocycles. The monoisotopic (exact) mass is 665 g/mol. The summed E-state index contributed by atoms with van der Waals surface area (Å²) in [4.78, 5) is 28.7. The van der Waals surface area contributed by atoms with Crippen LogP contribution < -0.4 is 11.4 Å². The fourth-order valence-electron chi connectivity index (χ4n) is 9.80. The molecule has 1 aliphatic heterocycles. The first kappa shape index (κ1) is 35.1. The van der Waals surface area contributed by atoms with E-state index >= 15 is 0 Å². The van der Waals surface area contributed by atoms with E-state index in [1.807, 2.05) is 39.0 Å². The second kappa shape index (κ2) is 13.5. The molecular formula is C38H55N3O7. The fraction of sp³-hybridized carbons (Fsp3) is 0.684. The summed E-state index contributed by atoms with van der Waals surface area (Å²) in [5, 5.41) is 42.2. The number of aliphatic hydroxyl groups excluding tert-OH is 3. The number of aromatic nitrogens is 3. The third-order valence-corrected chi connectivity index (χ3v) is 12.3. The minimum Gasteiger partial charge on any atom is -0.396 e. The summed E-state index contributed by atoms with van der Waals surface area (Å²) >= 11 is 0. The summed E-state index contributed by atoms with van der Waals surface area (Å²) in [6, 6.07) is 8.13. The number of hydrogen-bond acceptors (Lipinski definition) is 7. The van der Waals surface area contributed by atoms with Crippen molar-refractivity contribution in [3.63, 3.8) is 0 Å². The van der Waals surface area contributed by atoms with Gasteiger partial charge in [0.2, 0.25) is 0 Å². The van der Waals surface area contributed by atoms with Crippen molar-refractivity contribution in [2.75, 3.05) is 13.2 Å². The number of allylic oxidation sites excluding steroid dienone is 2. The lowest BCUT2D eigenvalue weighted by molar-refractivity contribution is -0.0973. The minimum absolute atomic E-state index is 0.0375. The van der Waals surface area contributed by atoms with Crippen LogP contribution in [-0.4, -0.2) is 71.5 Å². The van der Waals surface area contributed by atoms with E-state index in [0.29, 0.717) is 29.5 Å². The molecule has 2 aromatic rings. The highest BCUT2D eigenvalue weighted by molar-refractivity contribution is 5.37. The van der Waals surface area contributed by atoms with Crippen molar-refractivity contribution < 1.29 is 25.2 Å². The van der Waals surface area contributed by atoms with Crippen molar-refractivity contribution >= 4 is 0 Å². The number of para-hydroxylation sites is 1. The molecule has 1 aromatic heterocycles. The molecule has 2 heterocycles. The van der Waals surface area contributed by atoms with Crippen molar-refractivity contribution in [2.45, 2.75) is 128 Å². The van der Waals surface area contributed by atoms with Gasteiger partial charge >= 0.3 is 11.4 Å². The molecule has 9 atom stereocenters. The lowest BCUT2D eigenvalue weighted by Gasteiger charge is -2.49. The summed E-state index contributed by atoms with van der Waals surface area (Å²) in [6.45, 7) is 10.5. The molecular weight excluding hydrogens is 610 g/mol. The van der Waals surface area contributed by atoms with Crippen LogP contribution in [0.5, 0.6) is 0 Å². The van der Waals surface area contributed by atoms with Gasteiger partial charge in [-0.3, -0.25) is 0 Å². The third kappa shape index (κ3) is 6.12. The van der Waals surface area contributed by atoms with Crippen LogP contribution in [0.15, 0.2) is 62.7 Å². The highest BCUT2D eigenvalue weighted by Crippen LogP contribution is 2.63. The zero-order valence-electron chi connectivity index (χ0n) is 29.2. The first-order valence-electron chi connectivity index (χ1n) is 18.0. The van der Waals surface area contributed by atoms with Crippen LogP contribution in [0, 0.1) is 23.2 Å². The molecule has 2 saturated carbocycles. The highest BCUT2D eigenvalue weighted by atomic mass is 16.5. The Balaban J connectivity index is 1.42. The minimum atomic E-state index is -1.09. The Kier molecular flexibility index (Phi) is 9.88. The van der Waals surface area contributed by atoms with E-state index in [0.717, 1.165) is 50.5 Å². The van der Waals surface area contributed by atoms with Crippen LogP contribution in [0.3, 0.4) is 0 Å². The van der Waals surface area contributed by atoms with E-state index in [9.17, 15) is 30.0 Å². The van der Waals surface area contributed by atoms with Gasteiger partial charge in [0.1, 0.15) is 12.2 Å². The van der Waals surface area contributed by atoms with E-state index < -0.39 is 35.6 Å². The van der Waals surface area contributed by atoms with Crippen LogP contribution in [0.4, 0.5) is 0 Å². The molecule has 48 heavy (non-hydrogen) atoms. The smallest absolute Gasteiger partial charge is 0.352 e. The molecule has 10 nitrogen and oxygen atoms in total. The Morgan fingerprint density at radius 1 is 1.04 bits per heavy atom. The zero-order valence-corrected chi connectivity index (χ0v) is 29.2. The molecule has 0 radical (unpaired) electrons. The van der Waals surface area contributed by atoms with Crippen LogP contribution >= 0.6 is 0 Å². The van der Waals surface area contributed by atoms with Crippen molar-refractivity contribution in [3.8, 4) is 5.69 Å². The Bertz CT molecular complexity index is 1650. The van der Waals surface area contributed by atoms with Gasteiger partial charge in [0, 0.05) is 13.2 Å². The Hall–Kier alpha value is -2.76. The SMILES string of the molecule is CC1=C(C2C=C3C(CC[C@]4(C)[C@@H]([C@H](C)CCCC(C)(C)O)CC[C@@H]34)n3c(=O)n(-c4ccccc4)c(=O)n32)C[C@@H](O)[C@@H](OCCCO)[C@@H]1O. The first-order chi connectivity index (χ1) is 22.8. The fourth-order valence-corrected chi connectivity index (χ4v) is 9.80. The van der Waals surface area contributed by atoms with Gasteiger partial charge < -0.3 is 25.2 Å². The number of hydrogen-bond donors (Lipinski definition) is 4. The van der Waals surface area contributed by atoms with Gasteiger partial charge in [-0.1, -0.05) is 51.0 Å². The molecule has 4 aliphatic rings. The molecule has 4 N–H and O–H groups in total. The van der Waals surface area contributed by atoms with Crippen LogP contribution in [0.25, 0.3) is 5.69 Å². The van der Waals surface area contributed by atoms with Gasteiger partial charge in [0.15, 0.2) is 0 Å². The van der Waals surface area contributed by atoms with Gasteiger partial charge in [0.25, 0.3) is 0 Å². The van der Waals surface area contributed by atoms with Crippen molar-refractivity contribution in [1.29, 1.82) is 0 Å². The molecule has 3 aliphatic carbocycles. The Morgan fingerprint density at radius 2 is 1.75 bits per heavy atom. The average Bonchev–Trinajstić information content (AvgIpc) is 3.53. The number of aliphatic hydroxyl groups is 4. The van der Waals surface area contributed by atoms with E-state index in [4.69, 9.17) is 4.74 Å². The quantitative estimate of drug-likeness (QED) is 0.206. The van der Waals surface area contributed by atoms with Crippen molar-refractivity contribution in [3.05, 3.63) is 74.1 Å². The average molecular weight is 666 g/mol. The number of nitrogens with zero attached hydrogens (tertiary/aromatic N) is 3. The van der Waals surface area contributed by atoms with E-state index in [1.54, 1.807) is 21.5 Å². The lowest BCUT2D eigenvalue weighted by Crippen LogP contribution is -2.48. The van der Waals surface area contributed by atoms with Crippen molar-refractivity contribution in [1.82, 2.24) is 13.9 Å². The predicted octanol–water partition coefficient (Wildman–Crippen LogP) is 4.44. The third-order valence-electron chi connectivity index (χ3n) is 12.3. The maximum absolute atomic E-state index is 14.4. The number of rotatable bonds is 11. The van der Waals surface area contributed by atoms with Crippen molar-refractivity contribution in [2.24, 2.45) is 23.2 Å². The first-order valence-corrected chi connectivity index (χ1v) is 18.0. The van der Waals surface area contributed by atoms with Gasteiger partial charge in [-0.25, -0.2) is 23.5 Å². The van der Waals surface area contributed by atoms with Gasteiger partial charge in [-0.05, 0) is 118 Å². The molecule has 10 heteroatoms. The topological polar surface area (TPSA) is 139 Å². The normalized spacial score (nSPS) is 32.4. The van der Waals surface area contributed by atoms with Crippen LogP contribution in [0.1, 0.15) is 104 Å². The van der Waals surface area contributed by atoms with Crippen LogP contribution in [0.2, 0.25) is 0 Å². The van der Waals surface area contributed by atoms with E-state index in [1.165, 1.54) is 10.1 Å². The Labute approximate surface area is 283 Å². The summed E-state index contributed by atoms with van der Waals surface area (Å²) < 4.78 is 10.3. The maximum atomic E-state index is 14.4. The number of fused-ring (bicyclic) bond motifs is 5. The molecule has 2 fully saturated rings. The largest absolute Gasteiger partial charge is 0.396 e. The van der Waals surface area contributed by atoms with Crippen LogP contribution in [-0.2, 0) is 4.74 Å². The summed E-state index contributed by atoms with van der Waals surface area (Å²) in [5.41, 5.74) is 1.63. The number of ether oxygens (including phenoxy) is 1. The zero-order chi connectivity index (χ0) is 34.5. The molecule has 2 unspecified atom stereocenters. The molecule has 0 amide bonds. The summed E-state index contributed by atoms with van der Waals surface area (Å²) in [5.74, 6) is 1.25. The highest BCUT2D eigenvalue weighted by Gasteiger charge is 2.55. The van der Waals surface area contributed by atoms with Gasteiger partial charge in [0.05, 0.1) is 29.5 Å². The lowest BCUT2D eigenvalue weighted by atomic mass is 9.59. The predicted molar refractivity (Wildman–Crippen MR) is 184 cm³/mol.